The fourth-order valence-corrected chi connectivity index (χ4v) is 2.61. The number of hydrogen-bond acceptors (Lipinski definition) is 3. The molecule has 2 rings (SSSR count). The van der Waals surface area contributed by atoms with E-state index in [-0.39, 0.29) is 11.7 Å². The summed E-state index contributed by atoms with van der Waals surface area (Å²) in [6, 6.07) is 13.5. The highest BCUT2D eigenvalue weighted by molar-refractivity contribution is 6.30. The van der Waals surface area contributed by atoms with Crippen molar-refractivity contribution in [2.24, 2.45) is 0 Å². The first-order valence-corrected chi connectivity index (χ1v) is 9.30. The lowest BCUT2D eigenvalue weighted by Gasteiger charge is -2.14. The molecule has 0 aromatic heterocycles. The molecule has 5 nitrogen and oxygen atoms in total. The Morgan fingerprint density at radius 2 is 1.75 bits per heavy atom. The van der Waals surface area contributed by atoms with E-state index < -0.39 is 6.61 Å². The normalized spacial score (nSPS) is 11.9. The summed E-state index contributed by atoms with van der Waals surface area (Å²) in [7, 11) is 1.92. The van der Waals surface area contributed by atoms with Crippen molar-refractivity contribution in [2.75, 3.05) is 33.3 Å². The zero-order valence-corrected chi connectivity index (χ0v) is 16.3. The fraction of sp³-hybridized carbons (Fsp3) is 0.350. The van der Waals surface area contributed by atoms with E-state index in [0.717, 1.165) is 16.2 Å². The second-order valence-corrected chi connectivity index (χ2v) is 6.75. The molecule has 0 saturated heterocycles. The second kappa shape index (κ2) is 11.5. The van der Waals surface area contributed by atoms with E-state index in [1.54, 1.807) is 36.4 Å². The van der Waals surface area contributed by atoms with E-state index in [1.807, 2.05) is 7.05 Å². The highest BCUT2D eigenvalue weighted by atomic mass is 35.5. The first kappa shape index (κ1) is 21.9. The molecule has 1 atom stereocenters. The van der Waals surface area contributed by atoms with Crippen molar-refractivity contribution in [1.29, 1.82) is 0 Å². The molecule has 0 radical (unpaired) electrons. The number of hydrogen-bond donors (Lipinski definition) is 2. The first-order valence-electron chi connectivity index (χ1n) is 8.92. The van der Waals surface area contributed by atoms with Crippen molar-refractivity contribution in [3.05, 3.63) is 59.1 Å². The number of nitrogens with one attached hydrogen (secondary N) is 2. The van der Waals surface area contributed by atoms with Crippen LogP contribution in [-0.4, -0.2) is 45.8 Å². The Bertz CT molecular complexity index is 727. The van der Waals surface area contributed by atoms with Gasteiger partial charge in [-0.15, -0.1) is 0 Å². The van der Waals surface area contributed by atoms with Crippen molar-refractivity contribution in [1.82, 2.24) is 5.32 Å². The number of alkyl halides is 2. The molecule has 2 N–H and O–H groups in total. The van der Waals surface area contributed by atoms with Crippen molar-refractivity contribution >= 4 is 17.5 Å². The highest BCUT2D eigenvalue weighted by Gasteiger charge is 2.10. The maximum atomic E-state index is 12.1. The van der Waals surface area contributed by atoms with Gasteiger partial charge in [0.2, 0.25) is 0 Å². The summed E-state index contributed by atoms with van der Waals surface area (Å²) in [6.45, 7) is -0.843. The van der Waals surface area contributed by atoms with E-state index in [4.69, 9.17) is 16.3 Å². The minimum atomic E-state index is -2.83. The predicted molar refractivity (Wildman–Crippen MR) is 103 cm³/mol. The highest BCUT2D eigenvalue weighted by Crippen LogP contribution is 2.15. The zero-order valence-electron chi connectivity index (χ0n) is 15.6. The lowest BCUT2D eigenvalue weighted by atomic mass is 10.1. The van der Waals surface area contributed by atoms with Gasteiger partial charge in [0.15, 0.2) is 6.54 Å². The van der Waals surface area contributed by atoms with E-state index in [2.05, 4.69) is 10.1 Å². The number of benzene rings is 2. The van der Waals surface area contributed by atoms with Gasteiger partial charge in [0, 0.05) is 11.6 Å². The molecule has 2 aromatic rings. The average molecular weight is 414 g/mol. The second-order valence-electron chi connectivity index (χ2n) is 6.31. The molecule has 2 aromatic carbocycles. The van der Waals surface area contributed by atoms with Crippen LogP contribution in [0.3, 0.4) is 0 Å². The van der Waals surface area contributed by atoms with E-state index >= 15 is 0 Å². The molecule has 0 spiro atoms. The van der Waals surface area contributed by atoms with Gasteiger partial charge >= 0.3 is 6.61 Å². The van der Waals surface area contributed by atoms with Gasteiger partial charge in [0.25, 0.3) is 5.91 Å². The summed E-state index contributed by atoms with van der Waals surface area (Å²) >= 11 is 5.82. The number of quaternary nitrogens is 1. The maximum Gasteiger partial charge on any atom is 0.387 e. The monoisotopic (exact) mass is 413 g/mol. The minimum absolute atomic E-state index is 0.0540. The van der Waals surface area contributed by atoms with Gasteiger partial charge in [-0.3, -0.25) is 4.79 Å². The standard InChI is InChI=1S/C20H23ClF2N2O3/c1-25(12-13-27-17-8-4-16(21)5-9-17)14-19(26)24-11-10-15-2-6-18(7-3-15)28-20(22)23/h2-9,20H,10-14H2,1H3,(H,24,26)/p+1. The molecule has 28 heavy (non-hydrogen) atoms. The zero-order chi connectivity index (χ0) is 20.4. The van der Waals surface area contributed by atoms with Gasteiger partial charge in [-0.05, 0) is 48.4 Å². The summed E-state index contributed by atoms with van der Waals surface area (Å²) in [5.41, 5.74) is 0.930. The van der Waals surface area contributed by atoms with Gasteiger partial charge in [-0.1, -0.05) is 23.7 Å². The van der Waals surface area contributed by atoms with Crippen molar-refractivity contribution in [3.63, 3.8) is 0 Å². The Morgan fingerprint density at radius 3 is 2.39 bits per heavy atom. The Hall–Kier alpha value is -2.38. The van der Waals surface area contributed by atoms with E-state index in [1.165, 1.54) is 12.1 Å². The van der Waals surface area contributed by atoms with Crippen LogP contribution in [0.15, 0.2) is 48.5 Å². The van der Waals surface area contributed by atoms with Gasteiger partial charge in [0.05, 0.1) is 7.05 Å². The van der Waals surface area contributed by atoms with Crippen LogP contribution in [0.1, 0.15) is 5.56 Å². The molecule has 0 heterocycles. The molecule has 0 fully saturated rings. The van der Waals surface area contributed by atoms with Crippen LogP contribution in [-0.2, 0) is 11.2 Å². The fourth-order valence-electron chi connectivity index (χ4n) is 2.48. The maximum absolute atomic E-state index is 12.1. The van der Waals surface area contributed by atoms with E-state index in [9.17, 15) is 13.6 Å². The van der Waals surface area contributed by atoms with Crippen molar-refractivity contribution < 1.29 is 27.9 Å². The number of likely N-dealkylation sites (N-methyl/N-ethyl adjacent to an activating group) is 1. The summed E-state index contributed by atoms with van der Waals surface area (Å²) in [5, 5.41) is 3.51. The minimum Gasteiger partial charge on any atom is -0.488 e. The molecule has 8 heteroatoms. The van der Waals surface area contributed by atoms with Gasteiger partial charge < -0.3 is 19.7 Å². The molecule has 1 unspecified atom stereocenters. The molecule has 0 saturated carbocycles. The molecule has 0 aliphatic heterocycles. The third-order valence-corrected chi connectivity index (χ3v) is 4.21. The predicted octanol–water partition coefficient (Wildman–Crippen LogP) is 2.19. The number of rotatable bonds is 11. The summed E-state index contributed by atoms with van der Waals surface area (Å²) in [6.07, 6.45) is 0.611. The summed E-state index contributed by atoms with van der Waals surface area (Å²) in [4.78, 5) is 13.0. The third kappa shape index (κ3) is 8.54. The molecule has 152 valence electrons. The number of carbonyl (C=O) groups excluding carboxylic acids is 1. The number of carbonyl (C=O) groups is 1. The van der Waals surface area contributed by atoms with Crippen LogP contribution < -0.4 is 19.7 Å². The van der Waals surface area contributed by atoms with E-state index in [0.29, 0.717) is 37.7 Å². The van der Waals surface area contributed by atoms with Gasteiger partial charge in [0.1, 0.15) is 24.7 Å². The Morgan fingerprint density at radius 1 is 1.11 bits per heavy atom. The SMILES string of the molecule is C[NH+](CCOc1ccc(Cl)cc1)CC(=O)NCCc1ccc(OC(F)F)cc1. The van der Waals surface area contributed by atoms with Crippen LogP contribution in [0, 0.1) is 0 Å². The lowest BCUT2D eigenvalue weighted by Crippen LogP contribution is -3.10. The Balaban J connectivity index is 1.60. The summed E-state index contributed by atoms with van der Waals surface area (Å²) < 4.78 is 34.1. The molecule has 0 bridgehead atoms. The quantitative estimate of drug-likeness (QED) is 0.594. The number of amides is 1. The third-order valence-electron chi connectivity index (χ3n) is 3.96. The molecule has 0 aliphatic rings. The van der Waals surface area contributed by atoms with Gasteiger partial charge in [-0.2, -0.15) is 8.78 Å². The summed E-state index contributed by atoms with van der Waals surface area (Å²) in [5.74, 6) is 0.807. The number of halogens is 3. The molecular formula is C20H24ClF2N2O3+. The molecular weight excluding hydrogens is 390 g/mol. The van der Waals surface area contributed by atoms with Crippen LogP contribution in [0.5, 0.6) is 11.5 Å². The largest absolute Gasteiger partial charge is 0.488 e. The molecule has 1 amide bonds. The van der Waals surface area contributed by atoms with Crippen molar-refractivity contribution in [2.45, 2.75) is 13.0 Å². The van der Waals surface area contributed by atoms with Crippen LogP contribution in [0.25, 0.3) is 0 Å². The van der Waals surface area contributed by atoms with Crippen molar-refractivity contribution in [3.8, 4) is 11.5 Å². The average Bonchev–Trinajstić information content (AvgIpc) is 2.64. The first-order chi connectivity index (χ1) is 13.4. The van der Waals surface area contributed by atoms with Gasteiger partial charge in [-0.25, -0.2) is 0 Å². The van der Waals surface area contributed by atoms with Crippen LogP contribution >= 0.6 is 11.6 Å². The van der Waals surface area contributed by atoms with Crippen LogP contribution in [0.2, 0.25) is 5.02 Å². The van der Waals surface area contributed by atoms with Crippen LogP contribution in [0.4, 0.5) is 8.78 Å². The number of ether oxygens (including phenoxy) is 2. The molecule has 0 aliphatic carbocycles. The Kier molecular flexibility index (Phi) is 8.97. The topological polar surface area (TPSA) is 52.0 Å². The smallest absolute Gasteiger partial charge is 0.387 e. The lowest BCUT2D eigenvalue weighted by molar-refractivity contribution is -0.871. The Labute approximate surface area is 168 Å².